The van der Waals surface area contributed by atoms with Crippen molar-refractivity contribution in [3.63, 3.8) is 0 Å². The number of ether oxygens (including phenoxy) is 1. The average Bonchev–Trinajstić information content (AvgIpc) is 3.06. The Balaban J connectivity index is 1.46. The number of nitrogens with zero attached hydrogens (tertiary/aromatic N) is 1. The minimum atomic E-state index is -0.0497. The first kappa shape index (κ1) is 17.9. The van der Waals surface area contributed by atoms with Gasteiger partial charge in [-0.05, 0) is 43.7 Å². The van der Waals surface area contributed by atoms with Crippen molar-refractivity contribution in [2.45, 2.75) is 51.6 Å². The molecule has 2 aliphatic rings. The zero-order valence-corrected chi connectivity index (χ0v) is 17.1. The van der Waals surface area contributed by atoms with E-state index in [0.29, 0.717) is 18.3 Å². The van der Waals surface area contributed by atoms with Crippen LogP contribution in [0.4, 0.5) is 0 Å². The van der Waals surface area contributed by atoms with Crippen LogP contribution < -0.4 is 15.6 Å². The number of aromatic nitrogens is 2. The lowest BCUT2D eigenvalue weighted by molar-refractivity contribution is 0.245. The molecule has 0 saturated heterocycles. The minimum Gasteiger partial charge on any atom is -0.493 e. The van der Waals surface area contributed by atoms with Crippen LogP contribution >= 0.6 is 11.3 Å². The van der Waals surface area contributed by atoms with Crippen molar-refractivity contribution in [2.24, 2.45) is 5.92 Å². The maximum absolute atomic E-state index is 12.9. The van der Waals surface area contributed by atoms with Crippen LogP contribution in [0.15, 0.2) is 29.1 Å². The molecule has 0 fully saturated rings. The lowest BCUT2D eigenvalue weighted by Crippen LogP contribution is -2.31. The van der Waals surface area contributed by atoms with Gasteiger partial charge < -0.3 is 15.0 Å². The lowest BCUT2D eigenvalue weighted by atomic mass is 9.89. The van der Waals surface area contributed by atoms with Crippen LogP contribution in [0.1, 0.15) is 60.6 Å². The Kier molecular flexibility index (Phi) is 4.48. The smallest absolute Gasteiger partial charge is 0.259 e. The standard InChI is InChI=1S/C22H25N3O2S/c1-12-7-8-15-18(11-12)28-22-19(15)21(26)24-20(25-22)13(2)23-16-9-10-27-17-6-4-3-5-14(16)17/h3-6,12-13,16,23H,7-11H2,1-2H3,(H,24,25,26)/t12-,13-,16-/m1/s1. The SMILES string of the molecule is C[C@@H]1CCc2c(sc3nc([C@@H](C)N[C@@H]4CCOc5ccccc54)[nH]c(=O)c23)C1. The summed E-state index contributed by atoms with van der Waals surface area (Å²) in [5.74, 6) is 2.34. The molecule has 146 valence electrons. The normalized spacial score (nSPS) is 22.4. The summed E-state index contributed by atoms with van der Waals surface area (Å²) in [5, 5.41) is 4.46. The number of fused-ring (bicyclic) bond motifs is 4. The fourth-order valence-corrected chi connectivity index (χ4v) is 5.86. The van der Waals surface area contributed by atoms with E-state index in [1.165, 1.54) is 16.0 Å². The largest absolute Gasteiger partial charge is 0.493 e. The van der Waals surface area contributed by atoms with Gasteiger partial charge in [0.2, 0.25) is 0 Å². The molecule has 0 bridgehead atoms. The number of benzene rings is 1. The first-order valence-electron chi connectivity index (χ1n) is 10.1. The summed E-state index contributed by atoms with van der Waals surface area (Å²) in [6.45, 7) is 5.05. The van der Waals surface area contributed by atoms with Gasteiger partial charge in [-0.1, -0.05) is 25.1 Å². The van der Waals surface area contributed by atoms with Crippen molar-refractivity contribution in [1.29, 1.82) is 0 Å². The molecule has 3 heterocycles. The van der Waals surface area contributed by atoms with E-state index in [4.69, 9.17) is 9.72 Å². The third-order valence-electron chi connectivity index (χ3n) is 6.00. The van der Waals surface area contributed by atoms with Crippen LogP contribution in [0, 0.1) is 5.92 Å². The van der Waals surface area contributed by atoms with Gasteiger partial charge in [0.1, 0.15) is 16.4 Å². The highest BCUT2D eigenvalue weighted by Gasteiger charge is 2.26. The zero-order chi connectivity index (χ0) is 19.3. The molecule has 5 rings (SSSR count). The highest BCUT2D eigenvalue weighted by atomic mass is 32.1. The number of nitrogens with one attached hydrogen (secondary N) is 2. The fourth-order valence-electron chi connectivity index (χ4n) is 4.47. The number of thiophene rings is 1. The predicted molar refractivity (Wildman–Crippen MR) is 112 cm³/mol. The fraction of sp³-hybridized carbons (Fsp3) is 0.455. The molecule has 1 aromatic carbocycles. The third-order valence-corrected chi connectivity index (χ3v) is 7.15. The van der Waals surface area contributed by atoms with Crippen LogP contribution in [0.2, 0.25) is 0 Å². The number of H-pyrrole nitrogens is 1. The summed E-state index contributed by atoms with van der Waals surface area (Å²) >= 11 is 1.70. The zero-order valence-electron chi connectivity index (χ0n) is 16.2. The number of para-hydroxylation sites is 1. The summed E-state index contributed by atoms with van der Waals surface area (Å²) in [7, 11) is 0. The molecule has 6 heteroatoms. The maximum Gasteiger partial charge on any atom is 0.259 e. The van der Waals surface area contributed by atoms with Crippen molar-refractivity contribution in [2.75, 3.05) is 6.61 Å². The molecule has 1 aliphatic heterocycles. The van der Waals surface area contributed by atoms with E-state index in [0.717, 1.165) is 41.6 Å². The van der Waals surface area contributed by atoms with Gasteiger partial charge in [-0.3, -0.25) is 4.79 Å². The van der Waals surface area contributed by atoms with Crippen molar-refractivity contribution in [3.8, 4) is 5.75 Å². The lowest BCUT2D eigenvalue weighted by Gasteiger charge is -2.29. The number of hydrogen-bond donors (Lipinski definition) is 2. The molecule has 2 N–H and O–H groups in total. The number of hydrogen-bond acceptors (Lipinski definition) is 5. The van der Waals surface area contributed by atoms with E-state index >= 15 is 0 Å². The van der Waals surface area contributed by atoms with Crippen LogP contribution in [0.25, 0.3) is 10.2 Å². The van der Waals surface area contributed by atoms with Crippen LogP contribution in [-0.4, -0.2) is 16.6 Å². The Bertz CT molecular complexity index is 1090. The summed E-state index contributed by atoms with van der Waals surface area (Å²) in [4.78, 5) is 23.0. The number of rotatable bonds is 3. The van der Waals surface area contributed by atoms with Crippen molar-refractivity contribution >= 4 is 21.6 Å². The Morgan fingerprint density at radius 2 is 2.18 bits per heavy atom. The second-order valence-corrected chi connectivity index (χ2v) is 9.18. The first-order chi connectivity index (χ1) is 13.6. The molecule has 0 amide bonds. The van der Waals surface area contributed by atoms with E-state index in [-0.39, 0.29) is 17.6 Å². The number of aryl methyl sites for hydroxylation is 1. The molecule has 0 unspecified atom stereocenters. The summed E-state index contributed by atoms with van der Waals surface area (Å²) in [5.41, 5.74) is 2.41. The highest BCUT2D eigenvalue weighted by Crippen LogP contribution is 2.36. The molecule has 1 aliphatic carbocycles. The van der Waals surface area contributed by atoms with Gasteiger partial charge in [-0.2, -0.15) is 0 Å². The molecule has 0 radical (unpaired) electrons. The predicted octanol–water partition coefficient (Wildman–Crippen LogP) is 4.28. The molecule has 3 atom stereocenters. The van der Waals surface area contributed by atoms with Crippen molar-refractivity contribution in [3.05, 3.63) is 56.4 Å². The monoisotopic (exact) mass is 395 g/mol. The Labute approximate surface area is 168 Å². The average molecular weight is 396 g/mol. The Morgan fingerprint density at radius 3 is 3.07 bits per heavy atom. The van der Waals surface area contributed by atoms with E-state index in [1.54, 1.807) is 11.3 Å². The topological polar surface area (TPSA) is 67.0 Å². The number of aromatic amines is 1. The van der Waals surface area contributed by atoms with Gasteiger partial charge >= 0.3 is 0 Å². The van der Waals surface area contributed by atoms with Crippen molar-refractivity contribution in [1.82, 2.24) is 15.3 Å². The highest BCUT2D eigenvalue weighted by molar-refractivity contribution is 7.18. The molecule has 0 saturated carbocycles. The van der Waals surface area contributed by atoms with E-state index < -0.39 is 0 Å². The Morgan fingerprint density at radius 1 is 1.32 bits per heavy atom. The summed E-state index contributed by atoms with van der Waals surface area (Å²) < 4.78 is 5.76. The molecule has 3 aromatic rings. The molecule has 5 nitrogen and oxygen atoms in total. The van der Waals surface area contributed by atoms with E-state index in [2.05, 4.69) is 30.2 Å². The molecule has 28 heavy (non-hydrogen) atoms. The minimum absolute atomic E-state index is 0.00748. The van der Waals surface area contributed by atoms with E-state index in [9.17, 15) is 4.79 Å². The second kappa shape index (κ2) is 7.01. The quantitative estimate of drug-likeness (QED) is 0.694. The summed E-state index contributed by atoms with van der Waals surface area (Å²) in [6, 6.07) is 8.29. The van der Waals surface area contributed by atoms with Crippen molar-refractivity contribution < 1.29 is 4.74 Å². The van der Waals surface area contributed by atoms with E-state index in [1.807, 2.05) is 18.2 Å². The molecule has 0 spiro atoms. The molecular formula is C22H25N3O2S. The van der Waals surface area contributed by atoms with Crippen LogP contribution in [-0.2, 0) is 12.8 Å². The second-order valence-electron chi connectivity index (χ2n) is 8.10. The van der Waals surface area contributed by atoms with Gasteiger partial charge in [0.05, 0.1) is 18.0 Å². The van der Waals surface area contributed by atoms with Gasteiger partial charge in [0.15, 0.2) is 0 Å². The molecule has 2 aromatic heterocycles. The van der Waals surface area contributed by atoms with Gasteiger partial charge in [0, 0.05) is 22.9 Å². The van der Waals surface area contributed by atoms with Crippen LogP contribution in [0.5, 0.6) is 5.75 Å². The summed E-state index contributed by atoms with van der Waals surface area (Å²) in [6.07, 6.45) is 4.12. The third kappa shape index (κ3) is 3.05. The maximum atomic E-state index is 12.9. The first-order valence-corrected chi connectivity index (χ1v) is 10.9. The van der Waals surface area contributed by atoms with Gasteiger partial charge in [-0.15, -0.1) is 11.3 Å². The van der Waals surface area contributed by atoms with Crippen LogP contribution in [0.3, 0.4) is 0 Å². The van der Waals surface area contributed by atoms with Gasteiger partial charge in [-0.25, -0.2) is 4.98 Å². The van der Waals surface area contributed by atoms with Gasteiger partial charge in [0.25, 0.3) is 5.56 Å². The molecular weight excluding hydrogens is 370 g/mol. The Hall–Kier alpha value is -2.18.